The van der Waals surface area contributed by atoms with Gasteiger partial charge in [-0.05, 0) is 96.5 Å². The molecule has 3 rings (SSSR count). The Morgan fingerprint density at radius 2 is 1.46 bits per heavy atom. The average molecular weight is 564 g/mol. The van der Waals surface area contributed by atoms with Crippen molar-refractivity contribution in [1.29, 1.82) is 0 Å². The van der Waals surface area contributed by atoms with Gasteiger partial charge in [-0.15, -0.1) is 0 Å². The standard InChI is InChI=1S/C32H39BrN2O2/c1-22(2)31(36)15-8-6-5-7-12-26-25-13-9-10-14-27(25)30(28-17-16-24(33)20-29(26)28)21-34-18-11-19-35-32(37)23(3)4/h9-10,13-14,16-17,20,34H,1,3,5-8,11-12,15,18-19,21H2,2,4H3,(H,35,37). The van der Waals surface area contributed by atoms with Crippen LogP contribution in [0.3, 0.4) is 0 Å². The van der Waals surface area contributed by atoms with Crippen LogP contribution in [0.5, 0.6) is 0 Å². The molecular formula is C32H39BrN2O2. The van der Waals surface area contributed by atoms with Gasteiger partial charge in [0.15, 0.2) is 5.78 Å². The maximum Gasteiger partial charge on any atom is 0.246 e. The summed E-state index contributed by atoms with van der Waals surface area (Å²) in [4.78, 5) is 23.5. The van der Waals surface area contributed by atoms with Gasteiger partial charge in [0, 0.05) is 29.6 Å². The summed E-state index contributed by atoms with van der Waals surface area (Å²) in [5.41, 5.74) is 3.91. The second-order valence-corrected chi connectivity index (χ2v) is 10.8. The maximum atomic E-state index is 11.8. The second kappa shape index (κ2) is 14.3. The summed E-state index contributed by atoms with van der Waals surface area (Å²) >= 11 is 3.69. The fourth-order valence-corrected chi connectivity index (χ4v) is 5.08. The number of rotatable bonds is 15. The molecule has 0 bridgehead atoms. The van der Waals surface area contributed by atoms with E-state index in [0.29, 0.717) is 24.1 Å². The number of benzene rings is 3. The van der Waals surface area contributed by atoms with Crippen molar-refractivity contribution in [3.63, 3.8) is 0 Å². The van der Waals surface area contributed by atoms with Crippen molar-refractivity contribution in [2.75, 3.05) is 13.1 Å². The lowest BCUT2D eigenvalue weighted by molar-refractivity contribution is -0.117. The summed E-state index contributed by atoms with van der Waals surface area (Å²) in [6, 6.07) is 15.3. The van der Waals surface area contributed by atoms with E-state index < -0.39 is 0 Å². The summed E-state index contributed by atoms with van der Waals surface area (Å²) in [5, 5.41) is 11.7. The number of fused-ring (bicyclic) bond motifs is 2. The zero-order valence-corrected chi connectivity index (χ0v) is 23.8. The van der Waals surface area contributed by atoms with Gasteiger partial charge in [0.25, 0.3) is 0 Å². The van der Waals surface area contributed by atoms with Crippen LogP contribution in [-0.4, -0.2) is 24.8 Å². The third kappa shape index (κ3) is 8.11. The molecule has 0 atom stereocenters. The Bertz CT molecular complexity index is 1290. The van der Waals surface area contributed by atoms with Crippen molar-refractivity contribution in [3.8, 4) is 0 Å². The molecule has 37 heavy (non-hydrogen) atoms. The number of carbonyl (C=O) groups is 2. The van der Waals surface area contributed by atoms with Crippen LogP contribution in [-0.2, 0) is 22.6 Å². The molecule has 4 nitrogen and oxygen atoms in total. The first kappa shape index (κ1) is 28.8. The number of Topliss-reactive ketones (excluding diaryl/α,β-unsaturated/α-hetero) is 1. The molecule has 2 N–H and O–H groups in total. The highest BCUT2D eigenvalue weighted by Crippen LogP contribution is 2.35. The number of hydrogen-bond acceptors (Lipinski definition) is 3. The molecule has 1 amide bonds. The lowest BCUT2D eigenvalue weighted by atomic mass is 9.89. The van der Waals surface area contributed by atoms with Gasteiger partial charge in [0.05, 0.1) is 0 Å². The van der Waals surface area contributed by atoms with Gasteiger partial charge in [-0.1, -0.05) is 72.3 Å². The van der Waals surface area contributed by atoms with Crippen LogP contribution in [0.1, 0.15) is 63.5 Å². The Morgan fingerprint density at radius 1 is 0.784 bits per heavy atom. The molecule has 0 aromatic heterocycles. The molecule has 0 unspecified atom stereocenters. The first-order valence-corrected chi connectivity index (χ1v) is 14.0. The number of hydrogen-bond donors (Lipinski definition) is 2. The minimum atomic E-state index is -0.0847. The van der Waals surface area contributed by atoms with E-state index in [4.69, 9.17) is 0 Å². The van der Waals surface area contributed by atoms with Crippen LogP contribution in [0.15, 0.2) is 71.2 Å². The summed E-state index contributed by atoms with van der Waals surface area (Å²) in [5.74, 6) is 0.0983. The van der Waals surface area contributed by atoms with Gasteiger partial charge >= 0.3 is 0 Å². The molecule has 0 spiro atoms. The summed E-state index contributed by atoms with van der Waals surface area (Å²) in [6.45, 7) is 13.2. The predicted molar refractivity (Wildman–Crippen MR) is 160 cm³/mol. The minimum absolute atomic E-state index is 0.0847. The smallest absolute Gasteiger partial charge is 0.246 e. The van der Waals surface area contributed by atoms with E-state index in [-0.39, 0.29) is 11.7 Å². The Morgan fingerprint density at radius 3 is 2.16 bits per heavy atom. The molecule has 3 aromatic rings. The molecule has 0 aliphatic carbocycles. The maximum absolute atomic E-state index is 11.8. The highest BCUT2D eigenvalue weighted by molar-refractivity contribution is 9.10. The van der Waals surface area contributed by atoms with E-state index in [1.807, 2.05) is 0 Å². The van der Waals surface area contributed by atoms with Crippen molar-refractivity contribution in [3.05, 3.63) is 82.4 Å². The number of carbonyl (C=O) groups excluding carboxylic acids is 2. The Kier molecular flexibility index (Phi) is 11.1. The molecule has 196 valence electrons. The number of halogens is 1. The molecule has 0 fully saturated rings. The third-order valence-corrected chi connectivity index (χ3v) is 7.26. The van der Waals surface area contributed by atoms with Crippen LogP contribution in [0, 0.1) is 0 Å². The Labute approximate surface area is 229 Å². The number of ketones is 1. The summed E-state index contributed by atoms with van der Waals surface area (Å²) in [6.07, 6.45) is 6.68. The fraction of sp³-hybridized carbons (Fsp3) is 0.375. The lowest BCUT2D eigenvalue weighted by Gasteiger charge is -2.18. The molecule has 5 heteroatoms. The van der Waals surface area contributed by atoms with E-state index >= 15 is 0 Å². The van der Waals surface area contributed by atoms with E-state index in [0.717, 1.165) is 56.1 Å². The molecule has 0 heterocycles. The molecule has 0 saturated heterocycles. The van der Waals surface area contributed by atoms with Crippen molar-refractivity contribution < 1.29 is 9.59 Å². The number of amides is 1. The average Bonchev–Trinajstić information content (AvgIpc) is 2.88. The normalized spacial score (nSPS) is 11.1. The third-order valence-electron chi connectivity index (χ3n) is 6.77. The molecule has 0 saturated carbocycles. The summed E-state index contributed by atoms with van der Waals surface area (Å²) in [7, 11) is 0. The molecule has 0 aliphatic rings. The second-order valence-electron chi connectivity index (χ2n) is 9.88. The van der Waals surface area contributed by atoms with Gasteiger partial charge < -0.3 is 10.6 Å². The van der Waals surface area contributed by atoms with Gasteiger partial charge in [0.1, 0.15) is 0 Å². The largest absolute Gasteiger partial charge is 0.352 e. The Hall–Kier alpha value is -2.76. The highest BCUT2D eigenvalue weighted by Gasteiger charge is 2.14. The first-order chi connectivity index (χ1) is 17.8. The number of nitrogens with one attached hydrogen (secondary N) is 2. The lowest BCUT2D eigenvalue weighted by Crippen LogP contribution is -2.27. The van der Waals surface area contributed by atoms with E-state index in [1.165, 1.54) is 32.7 Å². The van der Waals surface area contributed by atoms with E-state index in [2.05, 4.69) is 82.2 Å². The van der Waals surface area contributed by atoms with Gasteiger partial charge in [-0.25, -0.2) is 0 Å². The van der Waals surface area contributed by atoms with E-state index in [1.54, 1.807) is 13.8 Å². The number of unbranched alkanes of at least 4 members (excludes halogenated alkanes) is 3. The monoisotopic (exact) mass is 562 g/mol. The Balaban J connectivity index is 1.72. The molecule has 0 aliphatic heterocycles. The quantitative estimate of drug-likeness (QED) is 0.114. The van der Waals surface area contributed by atoms with Crippen molar-refractivity contribution in [2.45, 2.75) is 65.3 Å². The number of allylic oxidation sites excluding steroid dienone is 1. The van der Waals surface area contributed by atoms with Crippen molar-refractivity contribution >= 4 is 49.2 Å². The zero-order chi connectivity index (χ0) is 26.8. The predicted octanol–water partition coefficient (Wildman–Crippen LogP) is 7.57. The van der Waals surface area contributed by atoms with Crippen LogP contribution in [0.4, 0.5) is 0 Å². The zero-order valence-electron chi connectivity index (χ0n) is 22.2. The first-order valence-electron chi connectivity index (χ1n) is 13.2. The van der Waals surface area contributed by atoms with Crippen LogP contribution in [0.25, 0.3) is 21.5 Å². The number of aryl methyl sites for hydroxylation is 1. The van der Waals surface area contributed by atoms with Gasteiger partial charge in [-0.2, -0.15) is 0 Å². The van der Waals surface area contributed by atoms with Gasteiger partial charge in [0.2, 0.25) is 5.91 Å². The van der Waals surface area contributed by atoms with Crippen LogP contribution in [0.2, 0.25) is 0 Å². The SMILES string of the molecule is C=C(C)C(=O)CCCCCCc1c2ccccc2c(CNCCCNC(=O)C(=C)C)c2ccc(Br)cc12. The van der Waals surface area contributed by atoms with E-state index in [9.17, 15) is 9.59 Å². The highest BCUT2D eigenvalue weighted by atomic mass is 79.9. The van der Waals surface area contributed by atoms with Crippen LogP contribution >= 0.6 is 15.9 Å². The molecule has 0 radical (unpaired) electrons. The fourth-order valence-electron chi connectivity index (χ4n) is 4.72. The minimum Gasteiger partial charge on any atom is -0.352 e. The van der Waals surface area contributed by atoms with Crippen LogP contribution < -0.4 is 10.6 Å². The van der Waals surface area contributed by atoms with Crippen molar-refractivity contribution in [1.82, 2.24) is 10.6 Å². The molecular weight excluding hydrogens is 524 g/mol. The van der Waals surface area contributed by atoms with Crippen molar-refractivity contribution in [2.24, 2.45) is 0 Å². The van der Waals surface area contributed by atoms with Gasteiger partial charge in [-0.3, -0.25) is 9.59 Å². The molecule has 3 aromatic carbocycles. The topological polar surface area (TPSA) is 58.2 Å². The summed E-state index contributed by atoms with van der Waals surface area (Å²) < 4.78 is 1.09.